The number of nitrogen functional groups attached to an aromatic ring is 1. The molecule has 0 bridgehead atoms. The van der Waals surface area contributed by atoms with Crippen molar-refractivity contribution >= 4 is 11.4 Å². The number of fused-ring (bicyclic) bond motifs is 1. The van der Waals surface area contributed by atoms with Gasteiger partial charge in [0.25, 0.3) is 5.91 Å². The molecule has 0 aliphatic rings. The van der Waals surface area contributed by atoms with Crippen LogP contribution in [0.1, 0.15) is 10.4 Å². The van der Waals surface area contributed by atoms with Crippen LogP contribution in [0.15, 0.2) is 42.9 Å². The predicted molar refractivity (Wildman–Crippen MR) is 70.0 cm³/mol. The van der Waals surface area contributed by atoms with Crippen molar-refractivity contribution < 1.29 is 9.18 Å². The fraction of sp³-hybridized carbons (Fsp3) is 0. The van der Waals surface area contributed by atoms with E-state index in [0.29, 0.717) is 22.3 Å². The number of hydrogen-bond donors (Lipinski definition) is 2. The lowest BCUT2D eigenvalue weighted by Crippen LogP contribution is -2.30. The zero-order valence-electron chi connectivity index (χ0n) is 10.2. The van der Waals surface area contributed by atoms with Crippen LogP contribution < -0.4 is 11.3 Å². The number of rotatable bonds is 2. The lowest BCUT2D eigenvalue weighted by Gasteiger charge is -2.01. The van der Waals surface area contributed by atoms with Gasteiger partial charge in [0, 0.05) is 11.8 Å². The molecule has 0 unspecified atom stereocenters. The lowest BCUT2D eigenvalue weighted by atomic mass is 10.1. The molecule has 2 aromatic heterocycles. The van der Waals surface area contributed by atoms with Crippen LogP contribution in [0.2, 0.25) is 0 Å². The molecule has 0 fully saturated rings. The number of hydrazine groups is 1. The van der Waals surface area contributed by atoms with Crippen LogP contribution in [-0.2, 0) is 0 Å². The van der Waals surface area contributed by atoms with Gasteiger partial charge in [0.15, 0.2) is 0 Å². The van der Waals surface area contributed by atoms with Gasteiger partial charge in [-0.2, -0.15) is 5.10 Å². The van der Waals surface area contributed by atoms with Gasteiger partial charge in [0.05, 0.1) is 11.1 Å². The summed E-state index contributed by atoms with van der Waals surface area (Å²) in [6.07, 6.45) is 3.04. The Balaban J connectivity index is 2.29. The smallest absolute Gasteiger partial charge is 0.269 e. The highest BCUT2D eigenvalue weighted by atomic mass is 19.1. The number of benzene rings is 1. The molecule has 3 N–H and O–H groups in total. The van der Waals surface area contributed by atoms with Crippen LogP contribution >= 0.6 is 0 Å². The molecule has 3 rings (SSSR count). The summed E-state index contributed by atoms with van der Waals surface area (Å²) in [7, 11) is 0. The molecule has 0 aliphatic carbocycles. The van der Waals surface area contributed by atoms with Crippen LogP contribution in [0, 0.1) is 5.82 Å². The molecular weight excluding hydrogens is 261 g/mol. The minimum Gasteiger partial charge on any atom is -0.290 e. The Labute approximate surface area is 113 Å². The van der Waals surface area contributed by atoms with E-state index in [1.807, 2.05) is 0 Å². The Bertz CT molecular complexity index is 781. The molecule has 0 atom stereocenters. The van der Waals surface area contributed by atoms with Crippen LogP contribution in [0.4, 0.5) is 4.39 Å². The molecule has 0 radical (unpaired) electrons. The number of aromatic nitrogens is 3. The first-order chi connectivity index (χ1) is 9.70. The van der Waals surface area contributed by atoms with E-state index in [1.165, 1.54) is 23.0 Å². The van der Waals surface area contributed by atoms with Crippen molar-refractivity contribution in [2.45, 2.75) is 0 Å². The van der Waals surface area contributed by atoms with Crippen molar-refractivity contribution in [1.29, 1.82) is 0 Å². The van der Waals surface area contributed by atoms with E-state index < -0.39 is 5.91 Å². The molecule has 6 nitrogen and oxygen atoms in total. The largest absolute Gasteiger partial charge is 0.290 e. The van der Waals surface area contributed by atoms with Crippen LogP contribution in [0.5, 0.6) is 0 Å². The van der Waals surface area contributed by atoms with Crippen LogP contribution in [0.3, 0.4) is 0 Å². The minimum absolute atomic E-state index is 0.321. The molecule has 1 aromatic carbocycles. The molecule has 0 saturated carbocycles. The highest BCUT2D eigenvalue weighted by Gasteiger charge is 2.20. The van der Waals surface area contributed by atoms with Crippen molar-refractivity contribution in [2.24, 2.45) is 5.84 Å². The predicted octanol–water partition coefficient (Wildman–Crippen LogP) is 1.14. The zero-order chi connectivity index (χ0) is 14.1. The average molecular weight is 271 g/mol. The van der Waals surface area contributed by atoms with Crippen LogP contribution in [-0.4, -0.2) is 20.5 Å². The molecular formula is C13H10FN5O. The number of nitrogens with one attached hydrogen (secondary N) is 1. The Morgan fingerprint density at radius 3 is 2.70 bits per heavy atom. The topological polar surface area (TPSA) is 85.3 Å². The van der Waals surface area contributed by atoms with E-state index in [2.05, 4.69) is 15.5 Å². The quantitative estimate of drug-likeness (QED) is 0.416. The summed E-state index contributed by atoms with van der Waals surface area (Å²) < 4.78 is 14.5. The third-order valence-corrected chi connectivity index (χ3v) is 2.92. The van der Waals surface area contributed by atoms with E-state index in [4.69, 9.17) is 5.84 Å². The summed E-state index contributed by atoms with van der Waals surface area (Å²) in [6, 6.07) is 7.38. The standard InChI is InChI=1S/C13H10FN5O/c14-9-3-1-8(2-4-9)12-11(13(20)17-15)10-5-6-16-7-19(10)18-12/h1-7H,15H2,(H,17,20). The van der Waals surface area contributed by atoms with Crippen LogP contribution in [0.25, 0.3) is 16.8 Å². The maximum atomic E-state index is 13.0. The molecule has 3 aromatic rings. The van der Waals surface area contributed by atoms with Gasteiger partial charge < -0.3 is 0 Å². The third-order valence-electron chi connectivity index (χ3n) is 2.92. The zero-order valence-corrected chi connectivity index (χ0v) is 10.2. The summed E-state index contributed by atoms with van der Waals surface area (Å²) in [5.74, 6) is 4.39. The van der Waals surface area contributed by atoms with Crippen molar-refractivity contribution in [2.75, 3.05) is 0 Å². The minimum atomic E-state index is -0.467. The summed E-state index contributed by atoms with van der Waals surface area (Å²) in [4.78, 5) is 15.9. The second kappa shape index (κ2) is 4.71. The molecule has 100 valence electrons. The van der Waals surface area contributed by atoms with E-state index in [9.17, 15) is 9.18 Å². The number of carbonyl (C=O) groups excluding carboxylic acids is 1. The van der Waals surface area contributed by atoms with E-state index in [-0.39, 0.29) is 5.82 Å². The summed E-state index contributed by atoms with van der Waals surface area (Å²) in [5, 5.41) is 4.30. The van der Waals surface area contributed by atoms with E-state index in [1.54, 1.807) is 24.4 Å². The van der Waals surface area contributed by atoms with Crippen molar-refractivity contribution in [3.63, 3.8) is 0 Å². The SMILES string of the molecule is NNC(=O)c1c(-c2ccc(F)cc2)nn2cnccc12. The lowest BCUT2D eigenvalue weighted by molar-refractivity contribution is 0.0956. The maximum Gasteiger partial charge on any atom is 0.269 e. The highest BCUT2D eigenvalue weighted by Crippen LogP contribution is 2.25. The summed E-state index contributed by atoms with van der Waals surface area (Å²) in [6.45, 7) is 0. The number of halogens is 1. The highest BCUT2D eigenvalue weighted by molar-refractivity contribution is 6.06. The van der Waals surface area contributed by atoms with E-state index in [0.717, 1.165) is 0 Å². The Hall–Kier alpha value is -2.80. The second-order valence-electron chi connectivity index (χ2n) is 4.11. The van der Waals surface area contributed by atoms with Gasteiger partial charge in [-0.15, -0.1) is 0 Å². The molecule has 0 aliphatic heterocycles. The third kappa shape index (κ3) is 1.90. The second-order valence-corrected chi connectivity index (χ2v) is 4.11. The fourth-order valence-electron chi connectivity index (χ4n) is 2.02. The molecule has 20 heavy (non-hydrogen) atoms. The first-order valence-corrected chi connectivity index (χ1v) is 5.80. The van der Waals surface area contributed by atoms with Crippen molar-refractivity contribution in [3.8, 4) is 11.3 Å². The summed E-state index contributed by atoms with van der Waals surface area (Å²) >= 11 is 0. The summed E-state index contributed by atoms with van der Waals surface area (Å²) in [5.41, 5.74) is 4.02. The fourth-order valence-corrected chi connectivity index (χ4v) is 2.02. The van der Waals surface area contributed by atoms with Crippen molar-refractivity contribution in [1.82, 2.24) is 20.0 Å². The molecule has 7 heteroatoms. The first kappa shape index (κ1) is 12.2. The molecule has 1 amide bonds. The van der Waals surface area contributed by atoms with Gasteiger partial charge in [0.1, 0.15) is 17.8 Å². The van der Waals surface area contributed by atoms with Gasteiger partial charge in [-0.1, -0.05) is 0 Å². The van der Waals surface area contributed by atoms with E-state index >= 15 is 0 Å². The first-order valence-electron chi connectivity index (χ1n) is 5.80. The number of carbonyl (C=O) groups is 1. The number of nitrogens with two attached hydrogens (primary N) is 1. The molecule has 0 saturated heterocycles. The molecule has 2 heterocycles. The van der Waals surface area contributed by atoms with Gasteiger partial charge in [0.2, 0.25) is 0 Å². The Kier molecular flexibility index (Phi) is 2.88. The molecule has 0 spiro atoms. The Morgan fingerprint density at radius 1 is 1.25 bits per heavy atom. The maximum absolute atomic E-state index is 13.0. The van der Waals surface area contributed by atoms with Gasteiger partial charge in [-0.05, 0) is 30.3 Å². The number of amides is 1. The average Bonchev–Trinajstić information content (AvgIpc) is 2.86. The van der Waals surface area contributed by atoms with Crippen molar-refractivity contribution in [3.05, 3.63) is 54.2 Å². The van der Waals surface area contributed by atoms with Gasteiger partial charge >= 0.3 is 0 Å². The Morgan fingerprint density at radius 2 is 2.00 bits per heavy atom. The van der Waals surface area contributed by atoms with Gasteiger partial charge in [-0.25, -0.2) is 19.7 Å². The number of hydrogen-bond acceptors (Lipinski definition) is 4. The monoisotopic (exact) mass is 271 g/mol. The number of nitrogens with zero attached hydrogens (tertiary/aromatic N) is 3. The normalized spacial score (nSPS) is 10.7. The van der Waals surface area contributed by atoms with Gasteiger partial charge in [-0.3, -0.25) is 10.2 Å².